The lowest BCUT2D eigenvalue weighted by molar-refractivity contribution is -0.138. The van der Waals surface area contributed by atoms with Gasteiger partial charge in [-0.25, -0.2) is 4.79 Å². The summed E-state index contributed by atoms with van der Waals surface area (Å²) in [6.45, 7) is 6.88. The van der Waals surface area contributed by atoms with Crippen molar-refractivity contribution >= 4 is 17.7 Å². The molecular weight excluding hydrogens is 274 g/mol. The van der Waals surface area contributed by atoms with Crippen molar-refractivity contribution in [2.24, 2.45) is 0 Å². The van der Waals surface area contributed by atoms with Gasteiger partial charge in [0.1, 0.15) is 11.4 Å². The van der Waals surface area contributed by atoms with E-state index in [0.717, 1.165) is 0 Å². The van der Waals surface area contributed by atoms with E-state index in [1.165, 1.54) is 7.11 Å². The molecule has 1 unspecified atom stereocenters. The fraction of sp³-hybridized carbons (Fsp3) is 0.467. The maximum Gasteiger partial charge on any atom is 0.412 e. The molecule has 0 aromatic heterocycles. The monoisotopic (exact) mass is 295 g/mol. The second-order valence-electron chi connectivity index (χ2n) is 5.64. The van der Waals surface area contributed by atoms with E-state index in [4.69, 9.17) is 14.6 Å². The van der Waals surface area contributed by atoms with Gasteiger partial charge in [-0.2, -0.15) is 0 Å². The van der Waals surface area contributed by atoms with Crippen molar-refractivity contribution in [2.75, 3.05) is 12.4 Å². The number of anilines is 1. The van der Waals surface area contributed by atoms with Gasteiger partial charge in [0.15, 0.2) is 0 Å². The van der Waals surface area contributed by atoms with E-state index in [1.54, 1.807) is 45.9 Å². The molecule has 0 aliphatic rings. The molecule has 0 saturated carbocycles. The molecule has 0 aliphatic carbocycles. The van der Waals surface area contributed by atoms with Gasteiger partial charge in [-0.3, -0.25) is 10.1 Å². The average Bonchev–Trinajstić information content (AvgIpc) is 2.35. The van der Waals surface area contributed by atoms with Gasteiger partial charge in [-0.05, 0) is 33.8 Å². The molecule has 6 heteroatoms. The van der Waals surface area contributed by atoms with Crippen molar-refractivity contribution in [1.29, 1.82) is 0 Å². The van der Waals surface area contributed by atoms with Gasteiger partial charge >= 0.3 is 12.1 Å². The fourth-order valence-corrected chi connectivity index (χ4v) is 1.70. The predicted molar refractivity (Wildman–Crippen MR) is 78.9 cm³/mol. The Morgan fingerprint density at radius 2 is 1.90 bits per heavy atom. The molecule has 21 heavy (non-hydrogen) atoms. The third-order valence-corrected chi connectivity index (χ3v) is 2.72. The Morgan fingerprint density at radius 3 is 2.38 bits per heavy atom. The number of carbonyl (C=O) groups excluding carboxylic acids is 1. The Bertz CT molecular complexity index is 533. The van der Waals surface area contributed by atoms with Crippen LogP contribution in [0, 0.1) is 0 Å². The topological polar surface area (TPSA) is 84.9 Å². The predicted octanol–water partition coefficient (Wildman–Crippen LogP) is 3.23. The highest BCUT2D eigenvalue weighted by Gasteiger charge is 2.20. The molecule has 1 atom stereocenters. The number of hydrogen-bond acceptors (Lipinski definition) is 4. The molecule has 2 N–H and O–H groups in total. The lowest BCUT2D eigenvalue weighted by atomic mass is 10.00. The molecule has 1 amide bonds. The van der Waals surface area contributed by atoms with Gasteiger partial charge in [0.2, 0.25) is 0 Å². The molecule has 1 aromatic rings. The summed E-state index contributed by atoms with van der Waals surface area (Å²) >= 11 is 0. The van der Waals surface area contributed by atoms with Crippen LogP contribution in [0.2, 0.25) is 0 Å². The molecule has 116 valence electrons. The van der Waals surface area contributed by atoms with Crippen LogP contribution in [0.5, 0.6) is 5.75 Å². The molecule has 0 bridgehead atoms. The average molecular weight is 295 g/mol. The number of hydrogen-bond donors (Lipinski definition) is 2. The second kappa shape index (κ2) is 6.47. The molecule has 0 aliphatic heterocycles. The summed E-state index contributed by atoms with van der Waals surface area (Å²) in [5.74, 6) is -1.24. The quantitative estimate of drug-likeness (QED) is 0.890. The van der Waals surface area contributed by atoms with Crippen molar-refractivity contribution in [3.63, 3.8) is 0 Å². The Balaban J connectivity index is 2.92. The van der Waals surface area contributed by atoms with Crippen LogP contribution in [0.15, 0.2) is 18.2 Å². The second-order valence-corrected chi connectivity index (χ2v) is 5.64. The Kier molecular flexibility index (Phi) is 5.18. The first-order valence-corrected chi connectivity index (χ1v) is 6.55. The van der Waals surface area contributed by atoms with Gasteiger partial charge in [0.05, 0.1) is 13.0 Å². The number of ether oxygens (including phenoxy) is 2. The normalized spacial score (nSPS) is 12.4. The number of rotatable bonds is 4. The number of amides is 1. The summed E-state index contributed by atoms with van der Waals surface area (Å²) in [6.07, 6.45) is -0.580. The lowest BCUT2D eigenvalue weighted by Crippen LogP contribution is -2.27. The van der Waals surface area contributed by atoms with E-state index < -0.39 is 23.6 Å². The Hall–Kier alpha value is -2.24. The molecule has 0 spiro atoms. The summed E-state index contributed by atoms with van der Waals surface area (Å²) in [5.41, 5.74) is 0.425. The minimum Gasteiger partial charge on any atom is -0.496 e. The highest BCUT2D eigenvalue weighted by Crippen LogP contribution is 2.30. The van der Waals surface area contributed by atoms with Crippen LogP contribution >= 0.6 is 0 Å². The number of benzene rings is 1. The van der Waals surface area contributed by atoms with Crippen LogP contribution in [0.3, 0.4) is 0 Å². The maximum atomic E-state index is 11.7. The molecule has 0 heterocycles. The van der Waals surface area contributed by atoms with Crippen LogP contribution < -0.4 is 10.1 Å². The van der Waals surface area contributed by atoms with E-state index >= 15 is 0 Å². The summed E-state index contributed by atoms with van der Waals surface area (Å²) in [4.78, 5) is 22.7. The zero-order valence-corrected chi connectivity index (χ0v) is 12.9. The maximum absolute atomic E-state index is 11.7. The van der Waals surface area contributed by atoms with E-state index in [2.05, 4.69) is 5.32 Å². The molecule has 0 fully saturated rings. The van der Waals surface area contributed by atoms with Crippen LogP contribution in [0.1, 0.15) is 39.2 Å². The summed E-state index contributed by atoms with van der Waals surface area (Å²) in [6, 6.07) is 4.80. The van der Waals surface area contributed by atoms with Crippen LogP contribution in [-0.2, 0) is 9.53 Å². The Labute approximate surface area is 124 Å². The smallest absolute Gasteiger partial charge is 0.412 e. The van der Waals surface area contributed by atoms with Gasteiger partial charge in [0, 0.05) is 17.3 Å². The van der Waals surface area contributed by atoms with Crippen molar-refractivity contribution < 1.29 is 24.2 Å². The van der Waals surface area contributed by atoms with Crippen molar-refractivity contribution in [3.05, 3.63) is 23.8 Å². The van der Waals surface area contributed by atoms with Gasteiger partial charge in [0.25, 0.3) is 0 Å². The van der Waals surface area contributed by atoms with Gasteiger partial charge in [-0.15, -0.1) is 0 Å². The first-order chi connectivity index (χ1) is 9.64. The number of aliphatic carboxylic acids is 1. The molecule has 6 nitrogen and oxygen atoms in total. The van der Waals surface area contributed by atoms with E-state index in [1.807, 2.05) is 0 Å². The molecule has 0 saturated heterocycles. The minimum atomic E-state index is -0.943. The van der Waals surface area contributed by atoms with Gasteiger partial charge in [-0.1, -0.05) is 6.07 Å². The molecule has 1 aromatic carbocycles. The zero-order chi connectivity index (χ0) is 16.2. The number of methoxy groups -OCH3 is 1. The van der Waals surface area contributed by atoms with Crippen molar-refractivity contribution in [1.82, 2.24) is 0 Å². The third kappa shape index (κ3) is 4.98. The van der Waals surface area contributed by atoms with Crippen LogP contribution in [-0.4, -0.2) is 29.9 Å². The van der Waals surface area contributed by atoms with E-state index in [9.17, 15) is 9.59 Å². The fourth-order valence-electron chi connectivity index (χ4n) is 1.70. The molecule has 0 radical (unpaired) electrons. The van der Waals surface area contributed by atoms with Gasteiger partial charge < -0.3 is 14.6 Å². The zero-order valence-electron chi connectivity index (χ0n) is 12.9. The van der Waals surface area contributed by atoms with Crippen molar-refractivity contribution in [3.8, 4) is 5.75 Å². The molecular formula is C15H21NO5. The van der Waals surface area contributed by atoms with E-state index in [0.29, 0.717) is 17.0 Å². The van der Waals surface area contributed by atoms with E-state index in [-0.39, 0.29) is 0 Å². The Morgan fingerprint density at radius 1 is 1.29 bits per heavy atom. The highest BCUT2D eigenvalue weighted by atomic mass is 16.6. The van der Waals surface area contributed by atoms with Crippen LogP contribution in [0.25, 0.3) is 0 Å². The summed E-state index contributed by atoms with van der Waals surface area (Å²) in [5, 5.41) is 11.6. The lowest BCUT2D eigenvalue weighted by Gasteiger charge is -2.20. The number of carboxylic acid groups (broad SMARTS) is 1. The number of carboxylic acids is 1. The van der Waals surface area contributed by atoms with Crippen molar-refractivity contribution in [2.45, 2.75) is 39.2 Å². The standard InChI is InChI=1S/C15H21NO5/c1-9(13(17)18)11-7-6-10(8-12(11)20-5)16-14(19)21-15(2,3)4/h6-9H,1-5H3,(H,16,19)(H,17,18). The summed E-state index contributed by atoms with van der Waals surface area (Å²) < 4.78 is 10.3. The minimum absolute atomic E-state index is 0.401. The summed E-state index contributed by atoms with van der Waals surface area (Å²) in [7, 11) is 1.45. The first kappa shape index (κ1) is 16.8. The first-order valence-electron chi connectivity index (χ1n) is 6.55. The SMILES string of the molecule is COc1cc(NC(=O)OC(C)(C)C)ccc1C(C)C(=O)O. The largest absolute Gasteiger partial charge is 0.496 e. The molecule has 1 rings (SSSR count). The third-order valence-electron chi connectivity index (χ3n) is 2.72. The number of nitrogens with one attached hydrogen (secondary N) is 1. The number of carbonyl (C=O) groups is 2. The van der Waals surface area contributed by atoms with Crippen LogP contribution in [0.4, 0.5) is 10.5 Å². The highest BCUT2D eigenvalue weighted by molar-refractivity contribution is 5.85.